The van der Waals surface area contributed by atoms with E-state index in [1.165, 1.54) is 0 Å². The third kappa shape index (κ3) is 3.42. The number of carboxylic acids is 1. The topological polar surface area (TPSA) is 112 Å². The number of benzene rings is 1. The number of aromatic nitrogens is 1. The molecule has 1 aliphatic rings. The SMILES string of the molecule is Cc1ncc2c(c1[C@](O[N+](=O)[O-])(C(=O)O)C(C)(C)C)CO[C@H]2c1ccc(Cl)cc1. The molecule has 1 N–H and O–H groups in total. The van der Waals surface area contributed by atoms with Crippen molar-refractivity contribution in [2.45, 2.75) is 46.0 Å². The molecule has 9 heteroatoms. The zero-order valence-corrected chi connectivity index (χ0v) is 17.2. The second-order valence-corrected chi connectivity index (χ2v) is 8.38. The number of carbonyl (C=O) groups is 1. The molecule has 0 aliphatic carbocycles. The minimum atomic E-state index is -2.25. The van der Waals surface area contributed by atoms with Crippen molar-refractivity contribution >= 4 is 17.6 Å². The van der Waals surface area contributed by atoms with Crippen molar-refractivity contribution in [2.75, 3.05) is 0 Å². The Labute approximate surface area is 172 Å². The number of halogens is 1. The van der Waals surface area contributed by atoms with Crippen molar-refractivity contribution < 1.29 is 24.6 Å². The number of aliphatic carboxylic acids is 1. The summed E-state index contributed by atoms with van der Waals surface area (Å²) in [6.45, 7) is 6.42. The summed E-state index contributed by atoms with van der Waals surface area (Å²) in [5, 5.41) is 21.0. The first-order valence-corrected chi connectivity index (χ1v) is 9.29. The van der Waals surface area contributed by atoms with Crippen LogP contribution in [-0.4, -0.2) is 21.1 Å². The Hall–Kier alpha value is -2.71. The van der Waals surface area contributed by atoms with Crippen LogP contribution in [0.5, 0.6) is 0 Å². The fourth-order valence-electron chi connectivity index (χ4n) is 3.83. The molecule has 8 nitrogen and oxygen atoms in total. The Morgan fingerprint density at radius 3 is 2.48 bits per heavy atom. The Bertz CT molecular complexity index is 970. The Morgan fingerprint density at radius 1 is 1.34 bits per heavy atom. The lowest BCUT2D eigenvalue weighted by molar-refractivity contribution is -0.784. The lowest BCUT2D eigenvalue weighted by Crippen LogP contribution is -2.52. The monoisotopic (exact) mass is 420 g/mol. The van der Waals surface area contributed by atoms with Crippen LogP contribution in [0, 0.1) is 22.5 Å². The van der Waals surface area contributed by atoms with Crippen molar-refractivity contribution in [2.24, 2.45) is 5.41 Å². The Morgan fingerprint density at radius 2 is 1.97 bits per heavy atom. The highest BCUT2D eigenvalue weighted by molar-refractivity contribution is 6.30. The van der Waals surface area contributed by atoms with Crippen LogP contribution in [0.25, 0.3) is 0 Å². The molecule has 0 unspecified atom stereocenters. The zero-order chi connectivity index (χ0) is 21.6. The van der Waals surface area contributed by atoms with Crippen LogP contribution in [-0.2, 0) is 26.6 Å². The molecule has 0 fully saturated rings. The maximum absolute atomic E-state index is 12.4. The fourth-order valence-corrected chi connectivity index (χ4v) is 3.95. The molecule has 1 aliphatic heterocycles. The van der Waals surface area contributed by atoms with Gasteiger partial charge in [-0.3, -0.25) is 9.82 Å². The molecule has 2 aromatic rings. The summed E-state index contributed by atoms with van der Waals surface area (Å²) in [6.07, 6.45) is 1.12. The van der Waals surface area contributed by atoms with Gasteiger partial charge in [0.05, 0.1) is 6.61 Å². The standard InChI is InChI=1S/C20H21ClN2O6/c1-11-16(20(18(24)25,19(2,3)4)29-23(26)27)15-10-28-17(14(15)9-22-11)12-5-7-13(21)8-6-12/h5-9,17H,10H2,1-4H3,(H,24,25)/t17-,20-/m0/s1. The molecule has 154 valence electrons. The van der Waals surface area contributed by atoms with E-state index >= 15 is 0 Å². The number of fused-ring (bicyclic) bond motifs is 1. The number of hydrogen-bond acceptors (Lipinski definition) is 6. The average molecular weight is 421 g/mol. The molecule has 1 aromatic heterocycles. The van der Waals surface area contributed by atoms with Gasteiger partial charge in [0.25, 0.3) is 5.09 Å². The van der Waals surface area contributed by atoms with Gasteiger partial charge in [-0.25, -0.2) is 4.79 Å². The molecule has 0 spiro atoms. The molecule has 3 rings (SSSR count). The van der Waals surface area contributed by atoms with Crippen LogP contribution in [0.15, 0.2) is 30.5 Å². The van der Waals surface area contributed by atoms with E-state index in [2.05, 4.69) is 4.98 Å². The highest BCUT2D eigenvalue weighted by atomic mass is 35.5. The number of rotatable bonds is 5. The van der Waals surface area contributed by atoms with Crippen LogP contribution < -0.4 is 0 Å². The molecule has 0 bridgehead atoms. The van der Waals surface area contributed by atoms with Crippen LogP contribution in [0.4, 0.5) is 0 Å². The van der Waals surface area contributed by atoms with Crippen molar-refractivity contribution in [3.8, 4) is 0 Å². The number of ether oxygens (including phenoxy) is 1. The summed E-state index contributed by atoms with van der Waals surface area (Å²) in [5.74, 6) is -1.46. The molecule has 2 atom stereocenters. The highest BCUT2D eigenvalue weighted by Gasteiger charge is 2.57. The van der Waals surface area contributed by atoms with Gasteiger partial charge in [-0.15, -0.1) is 10.1 Å². The quantitative estimate of drug-likeness (QED) is 0.569. The van der Waals surface area contributed by atoms with Gasteiger partial charge >= 0.3 is 5.97 Å². The van der Waals surface area contributed by atoms with Gasteiger partial charge < -0.3 is 9.84 Å². The highest BCUT2D eigenvalue weighted by Crippen LogP contribution is 2.49. The molecule has 1 aromatic carbocycles. The van der Waals surface area contributed by atoms with E-state index in [0.717, 1.165) is 5.56 Å². The number of aryl methyl sites for hydroxylation is 1. The zero-order valence-electron chi connectivity index (χ0n) is 16.4. The van der Waals surface area contributed by atoms with Gasteiger partial charge in [-0.05, 0) is 30.2 Å². The first-order valence-electron chi connectivity index (χ1n) is 8.92. The van der Waals surface area contributed by atoms with E-state index in [0.29, 0.717) is 21.8 Å². The van der Waals surface area contributed by atoms with E-state index in [-0.39, 0.29) is 12.2 Å². The largest absolute Gasteiger partial charge is 0.479 e. The van der Waals surface area contributed by atoms with E-state index in [9.17, 15) is 20.0 Å². The summed E-state index contributed by atoms with van der Waals surface area (Å²) in [5.41, 5.74) is -0.919. The summed E-state index contributed by atoms with van der Waals surface area (Å²) >= 11 is 5.96. The first kappa shape index (κ1) is 21.0. The summed E-state index contributed by atoms with van der Waals surface area (Å²) < 4.78 is 5.94. The molecule has 0 saturated carbocycles. The molecule has 0 amide bonds. The third-order valence-corrected chi connectivity index (χ3v) is 5.43. The van der Waals surface area contributed by atoms with Crippen molar-refractivity contribution in [1.82, 2.24) is 4.98 Å². The Balaban J connectivity index is 2.26. The molecule has 29 heavy (non-hydrogen) atoms. The van der Waals surface area contributed by atoms with Gasteiger partial charge in [0, 0.05) is 33.5 Å². The smallest absolute Gasteiger partial charge is 0.341 e. The van der Waals surface area contributed by atoms with Gasteiger partial charge in [0.2, 0.25) is 5.60 Å². The average Bonchev–Trinajstić information content (AvgIpc) is 3.03. The lowest BCUT2D eigenvalue weighted by atomic mass is 9.69. The fraction of sp³-hybridized carbons (Fsp3) is 0.400. The first-order chi connectivity index (χ1) is 13.5. The minimum absolute atomic E-state index is 0.0769. The molecular formula is C20H21ClN2O6. The van der Waals surface area contributed by atoms with Crippen molar-refractivity contribution in [3.63, 3.8) is 0 Å². The number of hydrogen-bond donors (Lipinski definition) is 1. The van der Waals surface area contributed by atoms with Gasteiger partial charge in [0.1, 0.15) is 6.10 Å². The van der Waals surface area contributed by atoms with Crippen LogP contribution in [0.1, 0.15) is 54.8 Å². The van der Waals surface area contributed by atoms with Crippen molar-refractivity contribution in [1.29, 1.82) is 0 Å². The molecule has 0 radical (unpaired) electrons. The lowest BCUT2D eigenvalue weighted by Gasteiger charge is -2.40. The Kier molecular flexibility index (Phi) is 5.27. The van der Waals surface area contributed by atoms with E-state index < -0.39 is 28.2 Å². The van der Waals surface area contributed by atoms with Gasteiger partial charge in [0.15, 0.2) is 0 Å². The van der Waals surface area contributed by atoms with E-state index in [1.807, 2.05) is 12.1 Å². The predicted molar refractivity (Wildman–Crippen MR) is 104 cm³/mol. The number of carboxylic acid groups (broad SMARTS) is 1. The maximum Gasteiger partial charge on any atom is 0.341 e. The third-order valence-electron chi connectivity index (χ3n) is 5.18. The van der Waals surface area contributed by atoms with E-state index in [1.54, 1.807) is 46.0 Å². The molecular weight excluding hydrogens is 400 g/mol. The molecule has 2 heterocycles. The molecule has 0 saturated heterocycles. The summed E-state index contributed by atoms with van der Waals surface area (Å²) in [6, 6.07) is 7.08. The van der Waals surface area contributed by atoms with Crippen LogP contribution in [0.3, 0.4) is 0 Å². The summed E-state index contributed by atoms with van der Waals surface area (Å²) in [7, 11) is 0. The van der Waals surface area contributed by atoms with Crippen molar-refractivity contribution in [3.05, 3.63) is 73.5 Å². The second-order valence-electron chi connectivity index (χ2n) is 7.95. The van der Waals surface area contributed by atoms with Crippen LogP contribution >= 0.6 is 11.6 Å². The minimum Gasteiger partial charge on any atom is -0.479 e. The summed E-state index contributed by atoms with van der Waals surface area (Å²) in [4.78, 5) is 33.0. The number of nitrogens with zero attached hydrogens (tertiary/aromatic N) is 2. The number of pyridine rings is 1. The van der Waals surface area contributed by atoms with E-state index in [4.69, 9.17) is 21.2 Å². The van der Waals surface area contributed by atoms with Gasteiger partial charge in [-0.1, -0.05) is 44.5 Å². The maximum atomic E-state index is 12.4. The second kappa shape index (κ2) is 7.27. The van der Waals surface area contributed by atoms with Crippen LogP contribution in [0.2, 0.25) is 5.02 Å². The van der Waals surface area contributed by atoms with Gasteiger partial charge in [-0.2, -0.15) is 0 Å². The normalized spacial score (nSPS) is 18.0. The predicted octanol–water partition coefficient (Wildman–Crippen LogP) is 4.20.